The van der Waals surface area contributed by atoms with Gasteiger partial charge < -0.3 is 15.4 Å². The van der Waals surface area contributed by atoms with Crippen molar-refractivity contribution in [3.8, 4) is 0 Å². The Labute approximate surface area is 160 Å². The molecule has 0 bridgehead atoms. The first kappa shape index (κ1) is 18.0. The summed E-state index contributed by atoms with van der Waals surface area (Å²) >= 11 is 12.3. The summed E-state index contributed by atoms with van der Waals surface area (Å²) in [4.78, 5) is 20.4. The number of esters is 1. The summed E-state index contributed by atoms with van der Waals surface area (Å²) in [6.45, 7) is 0. The lowest BCUT2D eigenvalue weighted by atomic mass is 10.2. The minimum atomic E-state index is -0.441. The second-order valence-corrected chi connectivity index (χ2v) is 5.96. The molecule has 0 aliphatic rings. The van der Waals surface area contributed by atoms with Crippen molar-refractivity contribution in [2.24, 2.45) is 0 Å². The minimum absolute atomic E-state index is 0.306. The number of rotatable bonds is 5. The molecule has 6 nitrogen and oxygen atoms in total. The largest absolute Gasteiger partial charge is 0.465 e. The zero-order valence-electron chi connectivity index (χ0n) is 13.7. The van der Waals surface area contributed by atoms with Gasteiger partial charge in [0.05, 0.1) is 34.1 Å². The lowest BCUT2D eigenvalue weighted by Crippen LogP contribution is -2.07. The van der Waals surface area contributed by atoms with Crippen LogP contribution in [0.15, 0.2) is 54.7 Å². The highest BCUT2D eigenvalue weighted by Gasteiger charge is 2.12. The molecule has 132 valence electrons. The first-order chi connectivity index (χ1) is 12.6. The van der Waals surface area contributed by atoms with Crippen molar-refractivity contribution in [2.45, 2.75) is 0 Å². The highest BCUT2D eigenvalue weighted by molar-refractivity contribution is 6.39. The van der Waals surface area contributed by atoms with Gasteiger partial charge in [0.25, 0.3) is 0 Å². The summed E-state index contributed by atoms with van der Waals surface area (Å²) < 4.78 is 4.79. The van der Waals surface area contributed by atoms with Gasteiger partial charge in [-0.05, 0) is 30.3 Å². The number of aromatic nitrogens is 2. The van der Waals surface area contributed by atoms with Gasteiger partial charge in [-0.15, -0.1) is 0 Å². The number of hydrogen-bond donors (Lipinski definition) is 2. The Kier molecular flexibility index (Phi) is 5.55. The fraction of sp³-hybridized carbons (Fsp3) is 0.0556. The first-order valence-corrected chi connectivity index (χ1v) is 8.32. The van der Waals surface area contributed by atoms with Crippen molar-refractivity contribution in [1.82, 2.24) is 9.97 Å². The van der Waals surface area contributed by atoms with Crippen LogP contribution in [-0.4, -0.2) is 23.0 Å². The van der Waals surface area contributed by atoms with Gasteiger partial charge in [-0.2, -0.15) is 4.98 Å². The van der Waals surface area contributed by atoms with E-state index in [1.807, 2.05) is 0 Å². The fourth-order valence-corrected chi connectivity index (χ4v) is 2.73. The van der Waals surface area contributed by atoms with E-state index in [0.717, 1.165) is 0 Å². The van der Waals surface area contributed by atoms with Gasteiger partial charge in [0.15, 0.2) is 0 Å². The molecule has 0 amide bonds. The molecule has 0 atom stereocenters. The Morgan fingerprint density at radius 1 is 1.00 bits per heavy atom. The van der Waals surface area contributed by atoms with Crippen LogP contribution in [0.3, 0.4) is 0 Å². The average Bonchev–Trinajstić information content (AvgIpc) is 2.65. The number of anilines is 4. The van der Waals surface area contributed by atoms with Crippen LogP contribution in [-0.2, 0) is 4.74 Å². The summed E-state index contributed by atoms with van der Waals surface area (Å²) in [6, 6.07) is 13.8. The topological polar surface area (TPSA) is 76.1 Å². The molecule has 0 aliphatic heterocycles. The maximum atomic E-state index is 11.9. The number of nitrogens with zero attached hydrogens (tertiary/aromatic N) is 2. The lowest BCUT2D eigenvalue weighted by molar-refractivity contribution is 0.0602. The van der Waals surface area contributed by atoms with Gasteiger partial charge in [-0.3, -0.25) is 0 Å². The molecule has 3 rings (SSSR count). The van der Waals surface area contributed by atoms with Crippen LogP contribution in [0.25, 0.3) is 0 Å². The number of para-hydroxylation sites is 2. The van der Waals surface area contributed by atoms with Gasteiger partial charge in [-0.1, -0.05) is 41.4 Å². The highest BCUT2D eigenvalue weighted by atomic mass is 35.5. The van der Waals surface area contributed by atoms with Crippen molar-refractivity contribution in [1.29, 1.82) is 0 Å². The second-order valence-electron chi connectivity index (χ2n) is 5.15. The Morgan fingerprint density at radius 3 is 2.46 bits per heavy atom. The molecule has 0 unspecified atom stereocenters. The third-order valence-electron chi connectivity index (χ3n) is 3.45. The van der Waals surface area contributed by atoms with Crippen LogP contribution in [0, 0.1) is 0 Å². The van der Waals surface area contributed by atoms with E-state index in [9.17, 15) is 4.79 Å². The molecule has 8 heteroatoms. The normalized spacial score (nSPS) is 10.3. The molecule has 0 saturated carbocycles. The van der Waals surface area contributed by atoms with E-state index >= 15 is 0 Å². The van der Waals surface area contributed by atoms with Crippen LogP contribution in [0.5, 0.6) is 0 Å². The van der Waals surface area contributed by atoms with E-state index in [-0.39, 0.29) is 0 Å². The number of methoxy groups -OCH3 is 1. The molecular weight excluding hydrogens is 375 g/mol. The standard InChI is InChI=1S/C18H14Cl2N4O2/c1-26-17(25)11-5-2-3-8-14(11)22-15-9-10-21-18(23-15)24-16-12(19)6-4-7-13(16)20/h2-10H,1H3,(H2,21,22,23,24). The molecule has 0 spiro atoms. The second kappa shape index (κ2) is 8.03. The number of carbonyl (C=O) groups excluding carboxylic acids is 1. The van der Waals surface area contributed by atoms with Crippen LogP contribution in [0.1, 0.15) is 10.4 Å². The van der Waals surface area contributed by atoms with Gasteiger partial charge in [-0.25, -0.2) is 9.78 Å². The molecule has 26 heavy (non-hydrogen) atoms. The Hall–Kier alpha value is -2.83. The van der Waals surface area contributed by atoms with E-state index in [2.05, 4.69) is 20.6 Å². The molecule has 1 aromatic heterocycles. The van der Waals surface area contributed by atoms with Gasteiger partial charge in [0, 0.05) is 6.20 Å². The molecule has 0 saturated heterocycles. The summed E-state index contributed by atoms with van der Waals surface area (Å²) in [7, 11) is 1.33. The van der Waals surface area contributed by atoms with Crippen LogP contribution in [0.2, 0.25) is 10.0 Å². The smallest absolute Gasteiger partial charge is 0.339 e. The van der Waals surface area contributed by atoms with Gasteiger partial charge >= 0.3 is 5.97 Å². The van der Waals surface area contributed by atoms with E-state index in [1.54, 1.807) is 54.7 Å². The molecule has 0 radical (unpaired) electrons. The Bertz CT molecular complexity index is 930. The summed E-state index contributed by atoms with van der Waals surface area (Å²) in [5.74, 6) is 0.353. The van der Waals surface area contributed by atoms with Gasteiger partial charge in [0.2, 0.25) is 5.95 Å². The summed E-state index contributed by atoms with van der Waals surface area (Å²) in [5, 5.41) is 6.99. The van der Waals surface area contributed by atoms with Crippen molar-refractivity contribution >= 4 is 52.3 Å². The summed E-state index contributed by atoms with van der Waals surface area (Å²) in [5.41, 5.74) is 1.49. The third-order valence-corrected chi connectivity index (χ3v) is 4.08. The van der Waals surface area contributed by atoms with Crippen LogP contribution >= 0.6 is 23.2 Å². The number of carbonyl (C=O) groups is 1. The van der Waals surface area contributed by atoms with Crippen molar-refractivity contribution in [2.75, 3.05) is 17.7 Å². The van der Waals surface area contributed by atoms with E-state index in [4.69, 9.17) is 27.9 Å². The van der Waals surface area contributed by atoms with E-state index in [0.29, 0.717) is 38.7 Å². The zero-order valence-corrected chi connectivity index (χ0v) is 15.2. The average molecular weight is 389 g/mol. The molecule has 0 fully saturated rings. The van der Waals surface area contributed by atoms with Crippen molar-refractivity contribution in [3.63, 3.8) is 0 Å². The maximum Gasteiger partial charge on any atom is 0.339 e. The molecule has 3 aromatic rings. The summed E-state index contributed by atoms with van der Waals surface area (Å²) in [6.07, 6.45) is 1.57. The quantitative estimate of drug-likeness (QED) is 0.595. The zero-order chi connectivity index (χ0) is 18.5. The number of hydrogen-bond acceptors (Lipinski definition) is 6. The molecule has 2 N–H and O–H groups in total. The molecule has 2 aromatic carbocycles. The monoisotopic (exact) mass is 388 g/mol. The number of halogens is 2. The predicted octanol–water partition coefficient (Wildman–Crippen LogP) is 5.06. The third kappa shape index (κ3) is 4.04. The van der Waals surface area contributed by atoms with Crippen molar-refractivity contribution in [3.05, 3.63) is 70.3 Å². The molecular formula is C18H14Cl2N4O2. The maximum absolute atomic E-state index is 11.9. The van der Waals surface area contributed by atoms with Crippen molar-refractivity contribution < 1.29 is 9.53 Å². The minimum Gasteiger partial charge on any atom is -0.465 e. The Balaban J connectivity index is 1.86. The number of nitrogens with one attached hydrogen (secondary N) is 2. The Morgan fingerprint density at radius 2 is 1.73 bits per heavy atom. The van der Waals surface area contributed by atoms with E-state index in [1.165, 1.54) is 7.11 Å². The lowest BCUT2D eigenvalue weighted by Gasteiger charge is -2.12. The predicted molar refractivity (Wildman–Crippen MR) is 103 cm³/mol. The highest BCUT2D eigenvalue weighted by Crippen LogP contribution is 2.32. The fourth-order valence-electron chi connectivity index (χ4n) is 2.24. The number of benzene rings is 2. The molecule has 0 aliphatic carbocycles. The van der Waals surface area contributed by atoms with E-state index < -0.39 is 5.97 Å². The SMILES string of the molecule is COC(=O)c1ccccc1Nc1ccnc(Nc2c(Cl)cccc2Cl)n1. The van der Waals surface area contributed by atoms with Crippen LogP contribution in [0.4, 0.5) is 23.1 Å². The number of ether oxygens (including phenoxy) is 1. The van der Waals surface area contributed by atoms with Crippen LogP contribution < -0.4 is 10.6 Å². The first-order valence-electron chi connectivity index (χ1n) is 7.57. The molecule has 1 heterocycles. The van der Waals surface area contributed by atoms with Gasteiger partial charge in [0.1, 0.15) is 5.82 Å².